The van der Waals surface area contributed by atoms with E-state index in [9.17, 15) is 17.8 Å². The van der Waals surface area contributed by atoms with Gasteiger partial charge in [-0.1, -0.05) is 6.92 Å². The van der Waals surface area contributed by atoms with E-state index in [1.54, 1.807) is 0 Å². The van der Waals surface area contributed by atoms with Crippen molar-refractivity contribution in [3.05, 3.63) is 0 Å². The summed E-state index contributed by atoms with van der Waals surface area (Å²) in [6.07, 6.45) is 0.827. The highest BCUT2D eigenvalue weighted by Crippen LogP contribution is 2.33. The number of amides is 1. The fourth-order valence-corrected chi connectivity index (χ4v) is 2.10. The van der Waals surface area contributed by atoms with Gasteiger partial charge in [0.25, 0.3) is 5.91 Å². The molecular weight excluding hydrogens is 249 g/mol. The smallest absolute Gasteiger partial charge is 0.301 e. The van der Waals surface area contributed by atoms with Crippen molar-refractivity contribution < 1.29 is 32.2 Å². The molecule has 3 N–H and O–H groups in total. The van der Waals surface area contributed by atoms with Gasteiger partial charge in [0.05, 0.1) is 0 Å². The van der Waals surface area contributed by atoms with E-state index in [2.05, 4.69) is 4.62 Å². The molecule has 0 fully saturated rings. The van der Waals surface area contributed by atoms with Gasteiger partial charge in [0, 0.05) is 6.26 Å². The summed E-state index contributed by atoms with van der Waals surface area (Å²) < 4.78 is 35.9. The third-order valence-corrected chi connectivity index (χ3v) is 3.36. The van der Waals surface area contributed by atoms with Gasteiger partial charge in [-0.3, -0.25) is 4.79 Å². The van der Waals surface area contributed by atoms with Crippen molar-refractivity contribution in [2.75, 3.05) is 6.26 Å². The minimum atomic E-state index is -4.85. The van der Waals surface area contributed by atoms with Crippen LogP contribution in [0.4, 0.5) is 0 Å². The summed E-state index contributed by atoms with van der Waals surface area (Å²) in [6.45, 7) is 1.45. The van der Waals surface area contributed by atoms with Crippen LogP contribution >= 0.6 is 7.82 Å². The van der Waals surface area contributed by atoms with Gasteiger partial charge in [-0.15, -0.1) is 0 Å². The van der Waals surface area contributed by atoms with Gasteiger partial charge >= 0.3 is 7.82 Å². The standard InChI is InChI=1S/C5H12NO7PS/c1-3-4(15(2,11)12)5(7)6-13-14(8,9)10/h4H,3H2,1-2H3,(H,6,7)(H2,8,9,10). The van der Waals surface area contributed by atoms with Crippen molar-refractivity contribution in [2.24, 2.45) is 0 Å². The Morgan fingerprint density at radius 1 is 1.53 bits per heavy atom. The molecule has 15 heavy (non-hydrogen) atoms. The molecule has 0 saturated carbocycles. The molecule has 1 amide bonds. The topological polar surface area (TPSA) is 130 Å². The van der Waals surface area contributed by atoms with Crippen molar-refractivity contribution in [3.63, 3.8) is 0 Å². The van der Waals surface area contributed by atoms with Gasteiger partial charge < -0.3 is 9.79 Å². The van der Waals surface area contributed by atoms with E-state index in [-0.39, 0.29) is 6.42 Å². The van der Waals surface area contributed by atoms with Crippen LogP contribution in [0, 0.1) is 0 Å². The highest BCUT2D eigenvalue weighted by Gasteiger charge is 2.28. The maximum absolute atomic E-state index is 11.1. The Morgan fingerprint density at radius 2 is 2.00 bits per heavy atom. The highest BCUT2D eigenvalue weighted by atomic mass is 32.2. The van der Waals surface area contributed by atoms with Gasteiger partial charge in [0.1, 0.15) is 5.25 Å². The number of rotatable bonds is 5. The molecule has 0 saturated heterocycles. The highest BCUT2D eigenvalue weighted by molar-refractivity contribution is 7.92. The molecule has 0 aromatic carbocycles. The SMILES string of the molecule is CCC(C(=O)NOP(=O)(O)O)S(C)(=O)=O. The lowest BCUT2D eigenvalue weighted by Gasteiger charge is -2.12. The van der Waals surface area contributed by atoms with Crippen LogP contribution in [0.15, 0.2) is 0 Å². The lowest BCUT2D eigenvalue weighted by molar-refractivity contribution is -0.128. The Kier molecular flexibility index (Phi) is 4.88. The minimum absolute atomic E-state index is 0.0187. The lowest BCUT2D eigenvalue weighted by Crippen LogP contribution is -2.38. The predicted octanol–water partition coefficient (Wildman–Crippen LogP) is -1.05. The first kappa shape index (κ1) is 14.5. The summed E-state index contributed by atoms with van der Waals surface area (Å²) in [5.41, 5.74) is 1.40. The fourth-order valence-electron chi connectivity index (χ4n) is 0.853. The van der Waals surface area contributed by atoms with Gasteiger partial charge in [-0.05, 0) is 6.42 Å². The molecule has 0 aliphatic heterocycles. The number of carbonyl (C=O) groups is 1. The van der Waals surface area contributed by atoms with E-state index < -0.39 is 28.8 Å². The zero-order chi connectivity index (χ0) is 12.3. The Balaban J connectivity index is 4.51. The molecule has 0 bridgehead atoms. The summed E-state index contributed by atoms with van der Waals surface area (Å²) in [4.78, 5) is 27.6. The van der Waals surface area contributed by atoms with Crippen LogP contribution in [-0.2, 0) is 23.8 Å². The maximum atomic E-state index is 11.1. The third-order valence-electron chi connectivity index (χ3n) is 1.45. The molecule has 0 radical (unpaired) electrons. The summed E-state index contributed by atoms with van der Waals surface area (Å²) in [7, 11) is -8.48. The second-order valence-corrected chi connectivity index (χ2v) is 6.17. The number of hydrogen-bond donors (Lipinski definition) is 3. The molecule has 0 heterocycles. The molecule has 8 nitrogen and oxygen atoms in total. The number of hydrogen-bond acceptors (Lipinski definition) is 5. The first-order valence-electron chi connectivity index (χ1n) is 3.80. The molecule has 0 aromatic rings. The summed E-state index contributed by atoms with van der Waals surface area (Å²) >= 11 is 0. The number of phosphoric acid groups is 1. The molecule has 1 unspecified atom stereocenters. The normalized spacial score (nSPS) is 14.7. The van der Waals surface area contributed by atoms with Crippen LogP contribution < -0.4 is 5.48 Å². The van der Waals surface area contributed by atoms with E-state index in [0.717, 1.165) is 6.26 Å². The maximum Gasteiger partial charge on any atom is 0.491 e. The van der Waals surface area contributed by atoms with Crippen molar-refractivity contribution in [3.8, 4) is 0 Å². The van der Waals surface area contributed by atoms with Gasteiger partial charge in [-0.25, -0.2) is 18.5 Å². The minimum Gasteiger partial charge on any atom is -0.301 e. The first-order valence-corrected chi connectivity index (χ1v) is 7.29. The Morgan fingerprint density at radius 3 is 2.27 bits per heavy atom. The van der Waals surface area contributed by atoms with Crippen LogP contribution in [-0.4, -0.2) is 35.6 Å². The Bertz CT molecular complexity index is 371. The molecule has 1 atom stereocenters. The number of sulfone groups is 1. The summed E-state index contributed by atoms with van der Waals surface area (Å²) in [5.74, 6) is -1.11. The second kappa shape index (κ2) is 5.04. The van der Waals surface area contributed by atoms with E-state index in [4.69, 9.17) is 9.79 Å². The van der Waals surface area contributed by atoms with Crippen molar-refractivity contribution in [1.29, 1.82) is 0 Å². The zero-order valence-electron chi connectivity index (χ0n) is 8.08. The Hall–Kier alpha value is -0.470. The van der Waals surface area contributed by atoms with Crippen molar-refractivity contribution in [1.82, 2.24) is 5.48 Å². The third kappa shape index (κ3) is 5.85. The van der Waals surface area contributed by atoms with E-state index in [1.807, 2.05) is 0 Å². The van der Waals surface area contributed by atoms with Crippen molar-refractivity contribution >= 4 is 23.6 Å². The number of carbonyl (C=O) groups excluding carboxylic acids is 1. The first-order chi connectivity index (χ1) is 6.58. The fraction of sp³-hybridized carbons (Fsp3) is 0.800. The molecule has 90 valence electrons. The quantitative estimate of drug-likeness (QED) is 0.425. The predicted molar refractivity (Wildman–Crippen MR) is 50.2 cm³/mol. The number of hydroxylamine groups is 1. The lowest BCUT2D eigenvalue weighted by atomic mass is 10.3. The van der Waals surface area contributed by atoms with Crippen LogP contribution in [0.1, 0.15) is 13.3 Å². The second-order valence-electron chi connectivity index (χ2n) is 2.77. The van der Waals surface area contributed by atoms with Crippen molar-refractivity contribution in [2.45, 2.75) is 18.6 Å². The molecule has 0 aliphatic carbocycles. The monoisotopic (exact) mass is 261 g/mol. The van der Waals surface area contributed by atoms with Gasteiger partial charge in [0.15, 0.2) is 9.84 Å². The van der Waals surface area contributed by atoms with E-state index in [0.29, 0.717) is 0 Å². The zero-order valence-corrected chi connectivity index (χ0v) is 9.79. The molecule has 0 aliphatic rings. The van der Waals surface area contributed by atoms with Crippen LogP contribution in [0.3, 0.4) is 0 Å². The largest absolute Gasteiger partial charge is 0.491 e. The molecule has 0 aromatic heterocycles. The summed E-state index contributed by atoms with van der Waals surface area (Å²) in [6, 6.07) is 0. The molecule has 0 rings (SSSR count). The average Bonchev–Trinajstić information content (AvgIpc) is 1.98. The molecule has 0 spiro atoms. The average molecular weight is 261 g/mol. The van der Waals surface area contributed by atoms with E-state index in [1.165, 1.54) is 12.4 Å². The Labute approximate surface area is 86.7 Å². The van der Waals surface area contributed by atoms with Gasteiger partial charge in [-0.2, -0.15) is 4.62 Å². The number of nitrogens with one attached hydrogen (secondary N) is 1. The molecule has 10 heteroatoms. The van der Waals surface area contributed by atoms with E-state index >= 15 is 0 Å². The van der Waals surface area contributed by atoms with Crippen LogP contribution in [0.5, 0.6) is 0 Å². The van der Waals surface area contributed by atoms with Crippen LogP contribution in [0.25, 0.3) is 0 Å². The molecular formula is C5H12NO7PS. The summed E-state index contributed by atoms with van der Waals surface area (Å²) in [5, 5.41) is -1.39. The van der Waals surface area contributed by atoms with Crippen LogP contribution in [0.2, 0.25) is 0 Å². The van der Waals surface area contributed by atoms with Gasteiger partial charge in [0.2, 0.25) is 0 Å².